The Bertz CT molecular complexity index is 825. The lowest BCUT2D eigenvalue weighted by atomic mass is 9.83. The van der Waals surface area contributed by atoms with Gasteiger partial charge in [0, 0.05) is 19.5 Å². The van der Waals surface area contributed by atoms with Crippen molar-refractivity contribution in [2.75, 3.05) is 33.9 Å². The van der Waals surface area contributed by atoms with E-state index < -0.39 is 59.7 Å². The topological polar surface area (TPSA) is 145 Å². The number of halogens is 2. The Kier molecular flexibility index (Phi) is 8.96. The minimum Gasteiger partial charge on any atom is -0.390 e. The first-order valence-electron chi connectivity index (χ1n) is 11.3. The fourth-order valence-corrected chi connectivity index (χ4v) is 4.51. The second-order valence-corrected chi connectivity index (χ2v) is 8.97. The van der Waals surface area contributed by atoms with E-state index in [0.29, 0.717) is 5.56 Å². The van der Waals surface area contributed by atoms with Crippen molar-refractivity contribution in [2.45, 2.75) is 68.0 Å². The zero-order chi connectivity index (χ0) is 25.1. The number of aliphatic hydroxyl groups is 4. The van der Waals surface area contributed by atoms with Crippen LogP contribution in [0, 0.1) is 11.6 Å². The summed E-state index contributed by atoms with van der Waals surface area (Å²) in [5, 5.41) is 53.1. The third kappa shape index (κ3) is 5.57. The van der Waals surface area contributed by atoms with Gasteiger partial charge in [-0.3, -0.25) is 0 Å². The molecule has 0 amide bonds. The van der Waals surface area contributed by atoms with Crippen LogP contribution in [0.3, 0.4) is 0 Å². The Morgan fingerprint density at radius 2 is 1.82 bits per heavy atom. The number of hydrogen-bond donors (Lipinski definition) is 7. The third-order valence-electron chi connectivity index (χ3n) is 6.50. The average molecular weight is 492 g/mol. The fourth-order valence-electron chi connectivity index (χ4n) is 4.51. The Morgan fingerprint density at radius 1 is 1.09 bits per heavy atom. The van der Waals surface area contributed by atoms with Gasteiger partial charge in [0.15, 0.2) is 11.6 Å². The maximum absolute atomic E-state index is 13.5. The molecule has 1 aromatic carbocycles. The lowest BCUT2D eigenvalue weighted by Gasteiger charge is -2.52. The monoisotopic (exact) mass is 491 g/mol. The maximum atomic E-state index is 13.5. The van der Waals surface area contributed by atoms with Crippen molar-refractivity contribution >= 4 is 0 Å². The minimum atomic E-state index is -2.37. The number of likely N-dealkylation sites (N-methyl/N-ethyl adjacent to an activating group) is 2. The van der Waals surface area contributed by atoms with Crippen LogP contribution in [0.1, 0.15) is 18.9 Å². The Hall–Kier alpha value is -1.32. The lowest BCUT2D eigenvalue weighted by molar-refractivity contribution is -0.427. The molecule has 194 valence electrons. The molecule has 0 spiro atoms. The van der Waals surface area contributed by atoms with Gasteiger partial charge < -0.3 is 50.6 Å². The highest BCUT2D eigenvalue weighted by Gasteiger charge is 2.62. The average Bonchev–Trinajstić information content (AvgIpc) is 2.78. The highest BCUT2D eigenvalue weighted by Crippen LogP contribution is 2.40. The molecule has 8 unspecified atom stereocenters. The number of rotatable bonds is 6. The van der Waals surface area contributed by atoms with E-state index in [1.807, 2.05) is 0 Å². The van der Waals surface area contributed by atoms with E-state index in [2.05, 4.69) is 16.0 Å². The molecule has 7 N–H and O–H groups in total. The predicted octanol–water partition coefficient (Wildman–Crippen LogP) is -1.45. The van der Waals surface area contributed by atoms with Crippen LogP contribution in [-0.2, 0) is 20.8 Å². The Labute approximate surface area is 197 Å². The fraction of sp³-hybridized carbons (Fsp3) is 0.727. The van der Waals surface area contributed by atoms with Gasteiger partial charge in [-0.05, 0) is 38.7 Å². The highest BCUT2D eigenvalue weighted by atomic mass is 19.2. The van der Waals surface area contributed by atoms with Crippen LogP contribution in [-0.4, -0.2) is 102 Å². The molecule has 3 rings (SSSR count). The van der Waals surface area contributed by atoms with Gasteiger partial charge in [0.25, 0.3) is 0 Å². The zero-order valence-corrected chi connectivity index (χ0v) is 19.5. The van der Waals surface area contributed by atoms with Crippen LogP contribution in [0.4, 0.5) is 8.78 Å². The molecule has 2 fully saturated rings. The molecule has 0 bridgehead atoms. The van der Waals surface area contributed by atoms with Gasteiger partial charge in [-0.25, -0.2) is 8.78 Å². The van der Waals surface area contributed by atoms with Crippen molar-refractivity contribution in [3.05, 3.63) is 35.4 Å². The van der Waals surface area contributed by atoms with E-state index in [-0.39, 0.29) is 32.7 Å². The molecule has 0 saturated carbocycles. The Morgan fingerprint density at radius 3 is 2.47 bits per heavy atom. The molecule has 2 aliphatic heterocycles. The number of hydrogen-bond acceptors (Lipinski definition) is 10. The SMILES string of the molecule is CNC1COC2(O)C(OCC(O)C(NC)C1O)OC(C)CC2(O)CNCc1ccc(F)c(F)c1. The summed E-state index contributed by atoms with van der Waals surface area (Å²) in [6.45, 7) is 0.999. The van der Waals surface area contributed by atoms with Crippen molar-refractivity contribution in [1.29, 1.82) is 0 Å². The van der Waals surface area contributed by atoms with Crippen LogP contribution in [0.2, 0.25) is 0 Å². The smallest absolute Gasteiger partial charge is 0.249 e. The number of nitrogens with one attached hydrogen (secondary N) is 3. The zero-order valence-electron chi connectivity index (χ0n) is 19.5. The van der Waals surface area contributed by atoms with Gasteiger partial charge >= 0.3 is 0 Å². The molecular formula is C22H35F2N3O7. The van der Waals surface area contributed by atoms with Crippen molar-refractivity contribution in [3.8, 4) is 0 Å². The van der Waals surface area contributed by atoms with Crippen LogP contribution in [0.25, 0.3) is 0 Å². The van der Waals surface area contributed by atoms with Gasteiger partial charge in [-0.15, -0.1) is 0 Å². The lowest BCUT2D eigenvalue weighted by Crippen LogP contribution is -2.73. The number of ether oxygens (including phenoxy) is 3. The van der Waals surface area contributed by atoms with Gasteiger partial charge in [0.05, 0.1) is 43.6 Å². The van der Waals surface area contributed by atoms with Crippen LogP contribution < -0.4 is 16.0 Å². The summed E-state index contributed by atoms with van der Waals surface area (Å²) >= 11 is 0. The molecule has 0 aliphatic carbocycles. The molecule has 0 aromatic heterocycles. The predicted molar refractivity (Wildman–Crippen MR) is 117 cm³/mol. The molecule has 10 nitrogen and oxygen atoms in total. The first kappa shape index (κ1) is 27.3. The highest BCUT2D eigenvalue weighted by molar-refractivity contribution is 5.17. The summed E-state index contributed by atoms with van der Waals surface area (Å²) in [6.07, 6.45) is -4.31. The third-order valence-corrected chi connectivity index (χ3v) is 6.50. The summed E-state index contributed by atoms with van der Waals surface area (Å²) in [4.78, 5) is 0. The van der Waals surface area contributed by atoms with Crippen molar-refractivity contribution in [2.24, 2.45) is 0 Å². The molecule has 8 atom stereocenters. The van der Waals surface area contributed by atoms with Crippen LogP contribution in [0.5, 0.6) is 0 Å². The summed E-state index contributed by atoms with van der Waals surface area (Å²) in [6, 6.07) is 1.98. The van der Waals surface area contributed by atoms with E-state index >= 15 is 0 Å². The molecule has 12 heteroatoms. The van der Waals surface area contributed by atoms with Crippen molar-refractivity contribution in [1.82, 2.24) is 16.0 Å². The van der Waals surface area contributed by atoms with Gasteiger partial charge in [0.1, 0.15) is 5.60 Å². The van der Waals surface area contributed by atoms with Gasteiger partial charge in [-0.2, -0.15) is 0 Å². The summed E-state index contributed by atoms with van der Waals surface area (Å²) in [5.41, 5.74) is -1.49. The quantitative estimate of drug-likeness (QED) is 0.253. The standard InChI is InChI=1S/C22H35F2N3O7/c1-12-7-21(30,11-27-8-13-4-5-14(23)15(24)6-13)22(31)20(34-12)32-10-17(28)18(26-3)19(29)16(25-2)9-33-22/h4-6,12,16-20,25-31H,7-11H2,1-3H3. The summed E-state index contributed by atoms with van der Waals surface area (Å²) < 4.78 is 43.9. The first-order chi connectivity index (χ1) is 16.0. The summed E-state index contributed by atoms with van der Waals surface area (Å²) in [5.74, 6) is -4.33. The minimum absolute atomic E-state index is 0.0391. The Balaban J connectivity index is 1.82. The molecule has 2 heterocycles. The second-order valence-electron chi connectivity index (χ2n) is 8.97. The van der Waals surface area contributed by atoms with Gasteiger partial charge in [0.2, 0.25) is 12.1 Å². The number of benzene rings is 1. The van der Waals surface area contributed by atoms with E-state index in [1.54, 1.807) is 21.0 Å². The molecular weight excluding hydrogens is 456 g/mol. The molecule has 1 aromatic rings. The largest absolute Gasteiger partial charge is 0.390 e. The summed E-state index contributed by atoms with van der Waals surface area (Å²) in [7, 11) is 3.18. The van der Waals surface area contributed by atoms with Crippen LogP contribution in [0.15, 0.2) is 18.2 Å². The van der Waals surface area contributed by atoms with E-state index in [0.717, 1.165) is 12.1 Å². The number of aliphatic hydroxyl groups excluding tert-OH is 2. The maximum Gasteiger partial charge on any atom is 0.249 e. The van der Waals surface area contributed by atoms with E-state index in [4.69, 9.17) is 14.2 Å². The van der Waals surface area contributed by atoms with Crippen LogP contribution >= 0.6 is 0 Å². The van der Waals surface area contributed by atoms with E-state index in [9.17, 15) is 29.2 Å². The molecule has 0 radical (unpaired) electrons. The second kappa shape index (κ2) is 11.2. The molecule has 2 aliphatic rings. The normalized spacial score (nSPS) is 39.4. The molecule has 34 heavy (non-hydrogen) atoms. The first-order valence-corrected chi connectivity index (χ1v) is 11.3. The number of fused-ring (bicyclic) bond motifs is 1. The van der Waals surface area contributed by atoms with Gasteiger partial charge in [-0.1, -0.05) is 6.07 Å². The molecule has 2 saturated heterocycles. The van der Waals surface area contributed by atoms with Crippen molar-refractivity contribution < 1.29 is 43.4 Å². The van der Waals surface area contributed by atoms with E-state index in [1.165, 1.54) is 6.07 Å². The van der Waals surface area contributed by atoms with Crippen molar-refractivity contribution in [3.63, 3.8) is 0 Å².